The van der Waals surface area contributed by atoms with E-state index in [4.69, 9.17) is 0 Å². The van der Waals surface area contributed by atoms with Crippen molar-refractivity contribution in [1.29, 1.82) is 0 Å². The summed E-state index contributed by atoms with van der Waals surface area (Å²) in [6.07, 6.45) is -1.15. The molecular formula is C8H8BF4K. The number of halogens is 4. The van der Waals surface area contributed by atoms with Gasteiger partial charge in [-0.15, -0.1) is 0 Å². The van der Waals surface area contributed by atoms with E-state index in [1.54, 1.807) is 6.92 Å². The number of rotatable bonds is 2. The summed E-state index contributed by atoms with van der Waals surface area (Å²) in [5.41, 5.74) is 0.365. The second-order valence-electron chi connectivity index (χ2n) is 3.01. The van der Waals surface area contributed by atoms with E-state index in [9.17, 15) is 17.3 Å². The Balaban J connectivity index is 0.00000169. The quantitative estimate of drug-likeness (QED) is 0.498. The Hall–Kier alpha value is 0.641. The third-order valence-electron chi connectivity index (χ3n) is 1.65. The van der Waals surface area contributed by atoms with Crippen LogP contribution < -0.4 is 51.4 Å². The summed E-state index contributed by atoms with van der Waals surface area (Å²) in [6, 6.07) is 3.74. The van der Waals surface area contributed by atoms with E-state index in [0.29, 0.717) is 5.56 Å². The van der Waals surface area contributed by atoms with Gasteiger partial charge in [0.05, 0.1) is 0 Å². The molecule has 0 atom stereocenters. The fraction of sp³-hybridized carbons (Fsp3) is 0.250. The first-order chi connectivity index (χ1) is 5.88. The minimum Gasteiger partial charge on any atom is -0.449 e. The predicted octanol–water partition coefficient (Wildman–Crippen LogP) is 0.0672. The van der Waals surface area contributed by atoms with Gasteiger partial charge in [-0.25, -0.2) is 4.39 Å². The van der Waals surface area contributed by atoms with Crippen molar-refractivity contribution in [2.75, 3.05) is 0 Å². The summed E-state index contributed by atoms with van der Waals surface area (Å²) >= 11 is 0. The molecule has 0 nitrogen and oxygen atoms in total. The van der Waals surface area contributed by atoms with Crippen molar-refractivity contribution in [1.82, 2.24) is 0 Å². The molecule has 1 aromatic rings. The first-order valence-electron chi connectivity index (χ1n) is 3.84. The number of benzene rings is 1. The summed E-state index contributed by atoms with van der Waals surface area (Å²) in [5, 5.41) is 0. The van der Waals surface area contributed by atoms with Gasteiger partial charge in [-0.3, -0.25) is 0 Å². The van der Waals surface area contributed by atoms with E-state index < -0.39 is 19.1 Å². The molecule has 0 saturated heterocycles. The van der Waals surface area contributed by atoms with Crippen LogP contribution in [0.2, 0.25) is 0 Å². The number of aryl methyl sites for hydroxylation is 1. The van der Waals surface area contributed by atoms with Gasteiger partial charge in [0.2, 0.25) is 0 Å². The molecule has 0 aromatic heterocycles. The number of hydrogen-bond donors (Lipinski definition) is 0. The van der Waals surface area contributed by atoms with E-state index in [0.717, 1.165) is 6.07 Å². The SMILES string of the molecule is Cc1ccc(F)c(C[B-](F)(F)F)c1.[K+]. The van der Waals surface area contributed by atoms with E-state index >= 15 is 0 Å². The van der Waals surface area contributed by atoms with E-state index in [2.05, 4.69) is 0 Å². The topological polar surface area (TPSA) is 0 Å². The van der Waals surface area contributed by atoms with Gasteiger partial charge in [0.1, 0.15) is 5.82 Å². The van der Waals surface area contributed by atoms with Crippen LogP contribution in [-0.2, 0) is 6.32 Å². The smallest absolute Gasteiger partial charge is 0.449 e. The van der Waals surface area contributed by atoms with Gasteiger partial charge in [-0.2, -0.15) is 0 Å². The van der Waals surface area contributed by atoms with Crippen LogP contribution >= 0.6 is 0 Å². The maximum Gasteiger partial charge on any atom is 1.00 e. The Kier molecular flexibility index (Phi) is 5.91. The zero-order valence-electron chi connectivity index (χ0n) is 8.03. The minimum absolute atomic E-state index is 0. The summed E-state index contributed by atoms with van der Waals surface area (Å²) in [4.78, 5) is 0. The third-order valence-corrected chi connectivity index (χ3v) is 1.65. The predicted molar refractivity (Wildman–Crippen MR) is 43.9 cm³/mol. The Bertz CT molecular complexity index is 311. The molecule has 0 bridgehead atoms. The second kappa shape index (κ2) is 5.65. The van der Waals surface area contributed by atoms with Crippen LogP contribution in [-0.4, -0.2) is 6.98 Å². The summed E-state index contributed by atoms with van der Waals surface area (Å²) in [7, 11) is 0. The molecule has 0 unspecified atom stereocenters. The van der Waals surface area contributed by atoms with Gasteiger partial charge >= 0.3 is 58.4 Å². The number of hydrogen-bond acceptors (Lipinski definition) is 0. The molecule has 0 radical (unpaired) electrons. The monoisotopic (exact) mass is 230 g/mol. The van der Waals surface area contributed by atoms with Gasteiger partial charge in [-0.05, 0) is 18.6 Å². The van der Waals surface area contributed by atoms with Crippen molar-refractivity contribution in [3.05, 3.63) is 35.1 Å². The van der Waals surface area contributed by atoms with Gasteiger partial charge in [0, 0.05) is 0 Å². The van der Waals surface area contributed by atoms with Gasteiger partial charge in [0.15, 0.2) is 0 Å². The molecule has 14 heavy (non-hydrogen) atoms. The zero-order chi connectivity index (χ0) is 10.1. The van der Waals surface area contributed by atoms with Crippen molar-refractivity contribution in [3.63, 3.8) is 0 Å². The summed E-state index contributed by atoms with van der Waals surface area (Å²) < 4.78 is 48.7. The van der Waals surface area contributed by atoms with E-state index in [1.165, 1.54) is 12.1 Å². The normalized spacial score (nSPS) is 10.9. The largest absolute Gasteiger partial charge is 1.00 e. The molecule has 0 N–H and O–H groups in total. The maximum atomic E-state index is 12.8. The fourth-order valence-corrected chi connectivity index (χ4v) is 1.11. The molecule has 0 amide bonds. The van der Waals surface area contributed by atoms with E-state index in [-0.39, 0.29) is 56.9 Å². The molecule has 0 aliphatic rings. The van der Waals surface area contributed by atoms with Crippen LogP contribution in [0, 0.1) is 12.7 Å². The molecule has 0 spiro atoms. The Morgan fingerprint density at radius 3 is 2.29 bits per heavy atom. The van der Waals surface area contributed by atoms with Crippen LogP contribution in [0.4, 0.5) is 17.3 Å². The van der Waals surface area contributed by atoms with Crippen LogP contribution in [0.15, 0.2) is 18.2 Å². The molecule has 6 heteroatoms. The van der Waals surface area contributed by atoms with Gasteiger partial charge in [-0.1, -0.05) is 24.0 Å². The van der Waals surface area contributed by atoms with Crippen LogP contribution in [0.5, 0.6) is 0 Å². The molecule has 72 valence electrons. The van der Waals surface area contributed by atoms with Crippen LogP contribution in [0.1, 0.15) is 11.1 Å². The average Bonchev–Trinajstić information content (AvgIpc) is 1.94. The maximum absolute atomic E-state index is 12.8. The molecular weight excluding hydrogens is 222 g/mol. The van der Waals surface area contributed by atoms with Crippen molar-refractivity contribution >= 4 is 6.98 Å². The zero-order valence-corrected chi connectivity index (χ0v) is 11.2. The van der Waals surface area contributed by atoms with Crippen molar-refractivity contribution in [2.24, 2.45) is 0 Å². The molecule has 1 rings (SSSR count). The summed E-state index contributed by atoms with van der Waals surface area (Å²) in [6.45, 7) is -3.32. The van der Waals surface area contributed by atoms with E-state index in [1.807, 2.05) is 0 Å². The average molecular weight is 230 g/mol. The molecule has 0 fully saturated rings. The first kappa shape index (κ1) is 14.6. The molecule has 0 aliphatic heterocycles. The molecule has 1 aromatic carbocycles. The Labute approximate surface area is 123 Å². The Morgan fingerprint density at radius 2 is 1.79 bits per heavy atom. The standard InChI is InChI=1S/C8H8BF4.K/c1-6-2-3-8(10)7(4-6)5-9(11,12)13;/h2-4H,5H2,1H3;/q-1;+1. The fourth-order valence-electron chi connectivity index (χ4n) is 1.11. The second-order valence-corrected chi connectivity index (χ2v) is 3.01. The van der Waals surface area contributed by atoms with Crippen molar-refractivity contribution in [2.45, 2.75) is 13.2 Å². The molecule has 0 heterocycles. The van der Waals surface area contributed by atoms with Crippen molar-refractivity contribution in [3.8, 4) is 0 Å². The van der Waals surface area contributed by atoms with Crippen molar-refractivity contribution < 1.29 is 68.7 Å². The van der Waals surface area contributed by atoms with Gasteiger partial charge in [0.25, 0.3) is 0 Å². The van der Waals surface area contributed by atoms with Gasteiger partial charge < -0.3 is 12.9 Å². The molecule has 0 aliphatic carbocycles. The minimum atomic E-state index is -4.96. The van der Waals surface area contributed by atoms with Crippen LogP contribution in [0.3, 0.4) is 0 Å². The first-order valence-corrected chi connectivity index (χ1v) is 3.84. The molecule has 0 saturated carbocycles. The van der Waals surface area contributed by atoms with Crippen LogP contribution in [0.25, 0.3) is 0 Å². The third kappa shape index (κ3) is 4.93. The Morgan fingerprint density at radius 1 is 1.21 bits per heavy atom. The summed E-state index contributed by atoms with van der Waals surface area (Å²) in [5.74, 6) is -0.787.